The summed E-state index contributed by atoms with van der Waals surface area (Å²) in [6.45, 7) is 2.22. The highest BCUT2D eigenvalue weighted by Gasteiger charge is 2.28. The molecule has 0 aromatic carbocycles. The Morgan fingerprint density at radius 2 is 2.12 bits per heavy atom. The highest BCUT2D eigenvalue weighted by molar-refractivity contribution is 5.81. The number of ketones is 1. The van der Waals surface area contributed by atoms with E-state index in [1.165, 1.54) is 0 Å². The first-order valence-corrected chi connectivity index (χ1v) is 5.82. The molecule has 0 aromatic rings. The van der Waals surface area contributed by atoms with Gasteiger partial charge in [0.1, 0.15) is 5.78 Å². The summed E-state index contributed by atoms with van der Waals surface area (Å²) in [5, 5.41) is 0. The van der Waals surface area contributed by atoms with Crippen LogP contribution in [0.3, 0.4) is 0 Å². The van der Waals surface area contributed by atoms with E-state index in [0.29, 0.717) is 18.4 Å². The van der Waals surface area contributed by atoms with Gasteiger partial charge in [0.05, 0.1) is 6.04 Å². The zero-order valence-electron chi connectivity index (χ0n) is 9.86. The van der Waals surface area contributed by atoms with E-state index in [9.17, 15) is 4.79 Å². The molecule has 5 nitrogen and oxygen atoms in total. The van der Waals surface area contributed by atoms with Gasteiger partial charge in [0.15, 0.2) is 5.96 Å². The third kappa shape index (κ3) is 3.81. The van der Waals surface area contributed by atoms with Gasteiger partial charge < -0.3 is 17.2 Å². The van der Waals surface area contributed by atoms with Crippen molar-refractivity contribution >= 4 is 11.7 Å². The zero-order chi connectivity index (χ0) is 12.1. The summed E-state index contributed by atoms with van der Waals surface area (Å²) in [5.74, 6) is 0.974. The van der Waals surface area contributed by atoms with Gasteiger partial charge in [-0.3, -0.25) is 9.79 Å². The monoisotopic (exact) mass is 226 g/mol. The lowest BCUT2D eigenvalue weighted by Gasteiger charge is -2.31. The summed E-state index contributed by atoms with van der Waals surface area (Å²) in [6.07, 6.45) is 4.23. The van der Waals surface area contributed by atoms with Crippen molar-refractivity contribution in [1.29, 1.82) is 0 Å². The number of nitrogens with zero attached hydrogens (tertiary/aromatic N) is 1. The molecular weight excluding hydrogens is 204 g/mol. The Labute approximate surface area is 96.5 Å². The molecule has 1 saturated carbocycles. The molecule has 16 heavy (non-hydrogen) atoms. The first-order chi connectivity index (χ1) is 7.50. The van der Waals surface area contributed by atoms with Gasteiger partial charge in [0.2, 0.25) is 0 Å². The minimum Gasteiger partial charge on any atom is -0.370 e. The van der Waals surface area contributed by atoms with Crippen LogP contribution in [0.25, 0.3) is 0 Å². The summed E-state index contributed by atoms with van der Waals surface area (Å²) in [6, 6.07) is -0.318. The average Bonchev–Trinajstić information content (AvgIpc) is 2.25. The Morgan fingerprint density at radius 3 is 2.69 bits per heavy atom. The van der Waals surface area contributed by atoms with Crippen LogP contribution in [0.1, 0.15) is 32.6 Å². The highest BCUT2D eigenvalue weighted by Crippen LogP contribution is 2.31. The van der Waals surface area contributed by atoms with E-state index in [1.54, 1.807) is 6.92 Å². The molecule has 0 radical (unpaired) electrons. The lowest BCUT2D eigenvalue weighted by Crippen LogP contribution is -2.39. The lowest BCUT2D eigenvalue weighted by atomic mass is 9.77. The Hall–Kier alpha value is -1.10. The summed E-state index contributed by atoms with van der Waals surface area (Å²) in [5.41, 5.74) is 16.5. The number of hydrogen-bond donors (Lipinski definition) is 3. The maximum absolute atomic E-state index is 11.2. The molecule has 3 unspecified atom stereocenters. The van der Waals surface area contributed by atoms with Crippen molar-refractivity contribution in [3.8, 4) is 0 Å². The van der Waals surface area contributed by atoms with Crippen molar-refractivity contribution in [2.75, 3.05) is 6.54 Å². The van der Waals surface area contributed by atoms with Crippen molar-refractivity contribution in [2.45, 2.75) is 38.6 Å². The van der Waals surface area contributed by atoms with Gasteiger partial charge in [-0.2, -0.15) is 0 Å². The second-order valence-electron chi connectivity index (χ2n) is 4.69. The average molecular weight is 226 g/mol. The number of carbonyl (C=O) groups excluding carboxylic acids is 1. The van der Waals surface area contributed by atoms with Crippen molar-refractivity contribution in [2.24, 2.45) is 34.0 Å². The van der Waals surface area contributed by atoms with Gasteiger partial charge in [-0.15, -0.1) is 0 Å². The topological polar surface area (TPSA) is 107 Å². The van der Waals surface area contributed by atoms with E-state index in [2.05, 4.69) is 4.99 Å². The van der Waals surface area contributed by atoms with Gasteiger partial charge in [0, 0.05) is 6.54 Å². The summed E-state index contributed by atoms with van der Waals surface area (Å²) >= 11 is 0. The lowest BCUT2D eigenvalue weighted by molar-refractivity contribution is -0.119. The Bertz CT molecular complexity index is 273. The number of carbonyl (C=O) groups is 1. The SMILES string of the molecule is CC(=O)C(N)C1CCCC(CN=C(N)N)C1. The normalized spacial score (nSPS) is 27.1. The fraction of sp³-hybridized carbons (Fsp3) is 0.818. The molecule has 0 aromatic heterocycles. The molecule has 92 valence electrons. The summed E-state index contributed by atoms with van der Waals surface area (Å²) in [4.78, 5) is 15.3. The number of Topliss-reactive ketones (excluding diaryl/α,β-unsaturated/α-hetero) is 1. The van der Waals surface area contributed by atoms with Crippen LogP contribution in [-0.2, 0) is 4.79 Å². The number of aliphatic imine (C=N–C) groups is 1. The third-order valence-corrected chi connectivity index (χ3v) is 3.33. The number of nitrogens with two attached hydrogens (primary N) is 3. The molecule has 0 saturated heterocycles. The first kappa shape index (κ1) is 13.0. The fourth-order valence-corrected chi connectivity index (χ4v) is 2.39. The summed E-state index contributed by atoms with van der Waals surface area (Å²) < 4.78 is 0. The Balaban J connectivity index is 2.47. The summed E-state index contributed by atoms with van der Waals surface area (Å²) in [7, 11) is 0. The molecule has 5 heteroatoms. The molecule has 1 aliphatic rings. The number of guanidine groups is 1. The van der Waals surface area contributed by atoms with Crippen LogP contribution in [0.4, 0.5) is 0 Å². The van der Waals surface area contributed by atoms with Gasteiger partial charge in [-0.05, 0) is 38.0 Å². The standard InChI is InChI=1S/C11H22N4O/c1-7(16)10(12)9-4-2-3-8(5-9)6-15-11(13)14/h8-10H,2-6,12H2,1H3,(H4,13,14,15). The third-order valence-electron chi connectivity index (χ3n) is 3.33. The number of hydrogen-bond acceptors (Lipinski definition) is 3. The molecule has 0 spiro atoms. The van der Waals surface area contributed by atoms with Crippen LogP contribution in [0.2, 0.25) is 0 Å². The predicted octanol–water partition coefficient (Wildman–Crippen LogP) is -0.0175. The first-order valence-electron chi connectivity index (χ1n) is 5.82. The minimum absolute atomic E-state index is 0.0764. The largest absolute Gasteiger partial charge is 0.370 e. The molecular formula is C11H22N4O. The molecule has 1 fully saturated rings. The fourth-order valence-electron chi connectivity index (χ4n) is 2.39. The van der Waals surface area contributed by atoms with Gasteiger partial charge in [0.25, 0.3) is 0 Å². The van der Waals surface area contributed by atoms with Crippen LogP contribution in [0.5, 0.6) is 0 Å². The van der Waals surface area contributed by atoms with E-state index in [1.807, 2.05) is 0 Å². The van der Waals surface area contributed by atoms with E-state index in [-0.39, 0.29) is 17.8 Å². The van der Waals surface area contributed by atoms with Crippen LogP contribution < -0.4 is 17.2 Å². The van der Waals surface area contributed by atoms with Gasteiger partial charge in [-0.25, -0.2) is 0 Å². The maximum Gasteiger partial charge on any atom is 0.185 e. The van der Waals surface area contributed by atoms with Gasteiger partial charge >= 0.3 is 0 Å². The van der Waals surface area contributed by atoms with Crippen LogP contribution in [0.15, 0.2) is 4.99 Å². The van der Waals surface area contributed by atoms with E-state index in [0.717, 1.165) is 25.7 Å². The molecule has 1 aliphatic carbocycles. The number of rotatable bonds is 4. The van der Waals surface area contributed by atoms with Crippen molar-refractivity contribution < 1.29 is 4.79 Å². The minimum atomic E-state index is -0.318. The molecule has 0 amide bonds. The quantitative estimate of drug-likeness (QED) is 0.462. The zero-order valence-corrected chi connectivity index (χ0v) is 9.86. The molecule has 6 N–H and O–H groups in total. The maximum atomic E-state index is 11.2. The second-order valence-corrected chi connectivity index (χ2v) is 4.69. The highest BCUT2D eigenvalue weighted by atomic mass is 16.1. The van der Waals surface area contributed by atoms with E-state index >= 15 is 0 Å². The van der Waals surface area contributed by atoms with Crippen LogP contribution >= 0.6 is 0 Å². The van der Waals surface area contributed by atoms with E-state index < -0.39 is 0 Å². The van der Waals surface area contributed by atoms with Crippen LogP contribution in [-0.4, -0.2) is 24.3 Å². The molecule has 1 rings (SSSR count). The smallest absolute Gasteiger partial charge is 0.185 e. The van der Waals surface area contributed by atoms with Crippen molar-refractivity contribution in [1.82, 2.24) is 0 Å². The molecule has 3 atom stereocenters. The predicted molar refractivity (Wildman–Crippen MR) is 64.8 cm³/mol. The second kappa shape index (κ2) is 5.84. The Kier molecular flexibility index (Phi) is 4.73. The van der Waals surface area contributed by atoms with Gasteiger partial charge in [-0.1, -0.05) is 6.42 Å². The molecule has 0 heterocycles. The Morgan fingerprint density at radius 1 is 1.44 bits per heavy atom. The van der Waals surface area contributed by atoms with Crippen molar-refractivity contribution in [3.63, 3.8) is 0 Å². The van der Waals surface area contributed by atoms with E-state index in [4.69, 9.17) is 17.2 Å². The van der Waals surface area contributed by atoms with Crippen molar-refractivity contribution in [3.05, 3.63) is 0 Å². The molecule has 0 aliphatic heterocycles. The van der Waals surface area contributed by atoms with Crippen LogP contribution in [0, 0.1) is 11.8 Å². The molecule has 0 bridgehead atoms.